The van der Waals surface area contributed by atoms with E-state index in [0.29, 0.717) is 29.2 Å². The molecule has 4 rings (SSSR count). The minimum absolute atomic E-state index is 0.0795. The Hall–Kier alpha value is -2.73. The summed E-state index contributed by atoms with van der Waals surface area (Å²) in [6.45, 7) is 0.639. The summed E-state index contributed by atoms with van der Waals surface area (Å²) >= 11 is 6.36. The van der Waals surface area contributed by atoms with Crippen LogP contribution in [0, 0.1) is 5.82 Å². The zero-order valence-electron chi connectivity index (χ0n) is 13.8. The lowest BCUT2D eigenvalue weighted by molar-refractivity contribution is 0.0736. The summed E-state index contributed by atoms with van der Waals surface area (Å²) in [7, 11) is 0. The van der Waals surface area contributed by atoms with E-state index >= 15 is 0 Å². The molecule has 0 saturated carbocycles. The third-order valence-electron chi connectivity index (χ3n) is 4.68. The van der Waals surface area contributed by atoms with Crippen LogP contribution in [0.5, 0.6) is 0 Å². The Morgan fingerprint density at radius 2 is 2.04 bits per heavy atom. The first-order valence-corrected chi connectivity index (χ1v) is 8.66. The number of hydrogen-bond donors (Lipinski definition) is 1. The van der Waals surface area contributed by atoms with Gasteiger partial charge in [0.25, 0.3) is 5.91 Å². The van der Waals surface area contributed by atoms with Crippen molar-refractivity contribution in [1.29, 1.82) is 0 Å². The Balaban J connectivity index is 1.79. The maximum Gasteiger partial charge on any atom is 0.254 e. The van der Waals surface area contributed by atoms with Crippen molar-refractivity contribution in [1.82, 2.24) is 4.90 Å². The number of halogens is 2. The fraction of sp³-hybridized carbons (Fsp3) is 0.211. The molecule has 2 aliphatic heterocycles. The van der Waals surface area contributed by atoms with Gasteiger partial charge in [0.15, 0.2) is 0 Å². The minimum atomic E-state index is -0.467. The quantitative estimate of drug-likeness (QED) is 0.771. The predicted octanol–water partition coefficient (Wildman–Crippen LogP) is 3.49. The standard InChI is InChI=1S/C19H16ClFN4O/c20-12-4-1-3-11-16(12)15-7-8-23-14-6-2-5-13(21)17(14)18(22)24-9-10-25(15)19(11)26/h1-6,8,15H,7,9-10H2,(H2,22,24)/t15-/m0/s1. The molecule has 0 radical (unpaired) electrons. The SMILES string of the molecule is NC1=NCCN2C(=O)c3cccc(Cl)c3[C@@H]2CC=Nc2cccc(F)c21. The van der Waals surface area contributed by atoms with Crippen LogP contribution in [0.25, 0.3) is 0 Å². The number of aliphatic imine (C=N–C) groups is 2. The number of benzene rings is 2. The van der Waals surface area contributed by atoms with Crippen molar-refractivity contribution in [3.05, 3.63) is 63.9 Å². The maximum atomic E-state index is 14.2. The number of carbonyl (C=O) groups is 1. The van der Waals surface area contributed by atoms with Crippen molar-refractivity contribution in [2.75, 3.05) is 13.1 Å². The molecule has 2 heterocycles. The van der Waals surface area contributed by atoms with Crippen molar-refractivity contribution >= 4 is 35.2 Å². The number of nitrogens with two attached hydrogens (primary N) is 1. The first-order chi connectivity index (χ1) is 12.6. The Kier molecular flexibility index (Phi) is 4.20. The average Bonchev–Trinajstić information content (AvgIpc) is 2.87. The fourth-order valence-corrected chi connectivity index (χ4v) is 3.80. The zero-order chi connectivity index (χ0) is 18.3. The third-order valence-corrected chi connectivity index (χ3v) is 5.01. The third kappa shape index (κ3) is 2.66. The molecular weight excluding hydrogens is 355 g/mol. The van der Waals surface area contributed by atoms with E-state index in [0.717, 1.165) is 5.56 Å². The molecule has 5 nitrogen and oxygen atoms in total. The van der Waals surface area contributed by atoms with Gasteiger partial charge in [0.05, 0.1) is 23.8 Å². The van der Waals surface area contributed by atoms with Crippen LogP contribution >= 0.6 is 11.6 Å². The van der Waals surface area contributed by atoms with Gasteiger partial charge in [-0.15, -0.1) is 0 Å². The second-order valence-corrected chi connectivity index (χ2v) is 6.57. The van der Waals surface area contributed by atoms with E-state index in [-0.39, 0.29) is 29.9 Å². The van der Waals surface area contributed by atoms with Crippen LogP contribution in [-0.4, -0.2) is 35.9 Å². The monoisotopic (exact) mass is 370 g/mol. The highest BCUT2D eigenvalue weighted by molar-refractivity contribution is 6.32. The summed E-state index contributed by atoms with van der Waals surface area (Å²) < 4.78 is 14.2. The van der Waals surface area contributed by atoms with Crippen LogP contribution < -0.4 is 5.73 Å². The Labute approximate surface area is 155 Å². The van der Waals surface area contributed by atoms with E-state index in [1.165, 1.54) is 6.07 Å². The summed E-state index contributed by atoms with van der Waals surface area (Å²) in [6.07, 6.45) is 2.15. The molecule has 1 atom stereocenters. The molecule has 0 bridgehead atoms. The van der Waals surface area contributed by atoms with Crippen molar-refractivity contribution in [3.8, 4) is 0 Å². The number of nitrogens with zero attached hydrogens (tertiary/aromatic N) is 3. The number of hydrogen-bond acceptors (Lipinski definition) is 4. The molecule has 0 fully saturated rings. The molecule has 2 aromatic rings. The molecule has 0 aromatic heterocycles. The Morgan fingerprint density at radius 3 is 2.88 bits per heavy atom. The van der Waals surface area contributed by atoms with E-state index in [1.54, 1.807) is 41.4 Å². The van der Waals surface area contributed by atoms with Gasteiger partial charge in [-0.2, -0.15) is 0 Å². The Morgan fingerprint density at radius 1 is 1.23 bits per heavy atom. The van der Waals surface area contributed by atoms with E-state index < -0.39 is 5.82 Å². The molecule has 132 valence electrons. The summed E-state index contributed by atoms with van der Waals surface area (Å²) in [5.41, 5.74) is 8.00. The smallest absolute Gasteiger partial charge is 0.254 e. The van der Waals surface area contributed by atoms with E-state index in [9.17, 15) is 9.18 Å². The fourth-order valence-electron chi connectivity index (χ4n) is 3.50. The summed E-state index contributed by atoms with van der Waals surface area (Å²) in [5, 5.41) is 0.557. The van der Waals surface area contributed by atoms with Crippen LogP contribution in [0.4, 0.5) is 10.1 Å². The van der Waals surface area contributed by atoms with Gasteiger partial charge in [-0.25, -0.2) is 4.39 Å². The van der Waals surface area contributed by atoms with Crippen LogP contribution in [0.3, 0.4) is 0 Å². The van der Waals surface area contributed by atoms with Gasteiger partial charge in [0.1, 0.15) is 11.7 Å². The van der Waals surface area contributed by atoms with Gasteiger partial charge in [-0.1, -0.05) is 23.7 Å². The Bertz CT molecular complexity index is 957. The van der Waals surface area contributed by atoms with Gasteiger partial charge in [-0.05, 0) is 24.3 Å². The minimum Gasteiger partial charge on any atom is -0.383 e. The predicted molar refractivity (Wildman–Crippen MR) is 100.0 cm³/mol. The second kappa shape index (κ2) is 6.53. The van der Waals surface area contributed by atoms with Crippen LogP contribution in [-0.2, 0) is 0 Å². The number of amidine groups is 1. The van der Waals surface area contributed by atoms with Gasteiger partial charge in [0.2, 0.25) is 0 Å². The van der Waals surface area contributed by atoms with Crippen LogP contribution in [0.1, 0.15) is 33.9 Å². The second-order valence-electron chi connectivity index (χ2n) is 6.16. The molecule has 2 aliphatic rings. The lowest BCUT2D eigenvalue weighted by Gasteiger charge is -2.23. The van der Waals surface area contributed by atoms with Gasteiger partial charge >= 0.3 is 0 Å². The molecule has 0 spiro atoms. The molecule has 7 heteroatoms. The summed E-state index contributed by atoms with van der Waals surface area (Å²) in [4.78, 5) is 23.1. The molecule has 0 saturated heterocycles. The molecule has 0 unspecified atom stereocenters. The van der Waals surface area contributed by atoms with Gasteiger partial charge in [0, 0.05) is 35.3 Å². The van der Waals surface area contributed by atoms with E-state index in [2.05, 4.69) is 9.98 Å². The van der Waals surface area contributed by atoms with E-state index in [1.807, 2.05) is 0 Å². The van der Waals surface area contributed by atoms with Gasteiger partial charge in [-0.3, -0.25) is 14.8 Å². The highest BCUT2D eigenvalue weighted by Gasteiger charge is 2.37. The largest absolute Gasteiger partial charge is 0.383 e. The first-order valence-electron chi connectivity index (χ1n) is 8.28. The van der Waals surface area contributed by atoms with Crippen LogP contribution in [0.2, 0.25) is 5.02 Å². The number of rotatable bonds is 0. The lowest BCUT2D eigenvalue weighted by atomic mass is 10.0. The molecule has 26 heavy (non-hydrogen) atoms. The molecule has 1 amide bonds. The maximum absolute atomic E-state index is 14.2. The average molecular weight is 371 g/mol. The summed E-state index contributed by atoms with van der Waals surface area (Å²) in [6, 6.07) is 9.70. The lowest BCUT2D eigenvalue weighted by Crippen LogP contribution is -2.31. The van der Waals surface area contributed by atoms with Crippen molar-refractivity contribution < 1.29 is 9.18 Å². The molecule has 2 N–H and O–H groups in total. The molecule has 2 aromatic carbocycles. The number of fused-ring (bicyclic) bond motifs is 4. The number of amides is 1. The highest BCUT2D eigenvalue weighted by Crippen LogP contribution is 2.40. The molecule has 0 aliphatic carbocycles. The van der Waals surface area contributed by atoms with E-state index in [4.69, 9.17) is 17.3 Å². The van der Waals surface area contributed by atoms with Crippen molar-refractivity contribution in [2.45, 2.75) is 12.5 Å². The van der Waals surface area contributed by atoms with Crippen LogP contribution in [0.15, 0.2) is 46.4 Å². The normalized spacial score (nSPS) is 19.3. The highest BCUT2D eigenvalue weighted by atomic mass is 35.5. The van der Waals surface area contributed by atoms with Crippen molar-refractivity contribution in [3.63, 3.8) is 0 Å². The molecular formula is C19H16ClFN4O. The zero-order valence-corrected chi connectivity index (χ0v) is 14.6. The number of carbonyl (C=O) groups excluding carboxylic acids is 1. The van der Waals surface area contributed by atoms with Gasteiger partial charge < -0.3 is 10.6 Å². The van der Waals surface area contributed by atoms with Crippen molar-refractivity contribution in [2.24, 2.45) is 15.7 Å². The topological polar surface area (TPSA) is 71.0 Å². The summed E-state index contributed by atoms with van der Waals surface area (Å²) in [5.74, 6) is -0.474. The first kappa shape index (κ1) is 16.7.